The van der Waals surface area contributed by atoms with Crippen LogP contribution in [-0.2, 0) is 22.4 Å². The molecule has 5 N–H and O–H groups in total. The number of carboxylic acids is 1. The van der Waals surface area contributed by atoms with E-state index in [0.29, 0.717) is 29.4 Å². The largest absolute Gasteiger partial charge is 0.478 e. The highest BCUT2D eigenvalue weighted by atomic mass is 16.7. The second kappa shape index (κ2) is 19.1. The van der Waals surface area contributed by atoms with E-state index in [1.807, 2.05) is 30.3 Å². The van der Waals surface area contributed by atoms with Crippen LogP contribution in [0.25, 0.3) is 0 Å². The van der Waals surface area contributed by atoms with Gasteiger partial charge in [0.05, 0.1) is 41.5 Å². The Bertz CT molecular complexity index is 2080. The topological polar surface area (TPSA) is 210 Å². The molecule has 2 amide bonds. The molecular formula is C40H44N8O8. The maximum atomic E-state index is 13.2. The van der Waals surface area contributed by atoms with E-state index in [0.717, 1.165) is 22.5 Å². The van der Waals surface area contributed by atoms with Crippen LogP contribution in [0.3, 0.4) is 0 Å². The lowest BCUT2D eigenvalue weighted by atomic mass is 9.91. The number of hydrogen-bond donors (Lipinski definition) is 5. The molecule has 292 valence electrons. The average Bonchev–Trinajstić information content (AvgIpc) is 3.19. The van der Waals surface area contributed by atoms with Crippen LogP contribution in [-0.4, -0.2) is 91.2 Å². The Morgan fingerprint density at radius 2 is 1.48 bits per heavy atom. The van der Waals surface area contributed by atoms with E-state index in [2.05, 4.69) is 35.9 Å². The molecule has 5 aromatic rings. The Morgan fingerprint density at radius 3 is 2.05 bits per heavy atom. The summed E-state index contributed by atoms with van der Waals surface area (Å²) in [5, 5.41) is 28.8. The number of ether oxygens (including phenoxy) is 3. The second-order valence-corrected chi connectivity index (χ2v) is 13.5. The van der Waals surface area contributed by atoms with E-state index in [-0.39, 0.29) is 31.4 Å². The number of hydrogen-bond acceptors (Lipinski definition) is 13. The number of carboxylic acid groups (broad SMARTS) is 1. The van der Waals surface area contributed by atoms with E-state index >= 15 is 0 Å². The average molecular weight is 765 g/mol. The summed E-state index contributed by atoms with van der Waals surface area (Å²) in [6.07, 6.45) is 8.36. The van der Waals surface area contributed by atoms with Crippen molar-refractivity contribution in [1.29, 1.82) is 0 Å². The number of anilines is 4. The molecule has 2 atom stereocenters. The standard InChI is InChI=1S/C29H35N5O6.C11H9N3O2/c1-29(2,3)40-28(37)34-17-21-12-23(39-18-38-4)8-7-19(21)13-24(34)25(35)16-32-27(36)20-9-11-31-26(14-20)33-22-6-5-10-30-15-22;15-11(16)8-3-5-13-10(6-8)14-9-2-1-4-12-7-9/h5-12,14-15,24-25,35H,13,16-18H2,1-4H3,(H,31,33)(H,32,36);1-7H,(H,13,14)(H,15,16)/t24?,25-;/m1./s1. The van der Waals surface area contributed by atoms with E-state index in [1.54, 1.807) is 76.9 Å². The van der Waals surface area contributed by atoms with E-state index in [4.69, 9.17) is 19.3 Å². The fourth-order valence-electron chi connectivity index (χ4n) is 5.54. The zero-order chi connectivity index (χ0) is 40.1. The molecule has 5 heterocycles. The van der Waals surface area contributed by atoms with Crippen molar-refractivity contribution in [3.05, 3.63) is 126 Å². The number of aromatic nitrogens is 4. The molecule has 0 radical (unpaired) electrons. The number of carbonyl (C=O) groups is 3. The number of amides is 2. The summed E-state index contributed by atoms with van der Waals surface area (Å²) in [7, 11) is 1.54. The van der Waals surface area contributed by atoms with E-state index in [9.17, 15) is 19.5 Å². The predicted octanol–water partition coefficient (Wildman–Crippen LogP) is 5.57. The number of nitrogens with one attached hydrogen (secondary N) is 3. The molecular weight excluding hydrogens is 720 g/mol. The zero-order valence-electron chi connectivity index (χ0n) is 31.4. The number of aliphatic hydroxyl groups excluding tert-OH is 1. The van der Waals surface area contributed by atoms with Crippen LogP contribution in [0.15, 0.2) is 104 Å². The van der Waals surface area contributed by atoms with Gasteiger partial charge in [0.1, 0.15) is 23.0 Å². The maximum absolute atomic E-state index is 13.2. The quantitative estimate of drug-likeness (QED) is 0.0984. The molecule has 0 bridgehead atoms. The normalized spacial score (nSPS) is 13.9. The van der Waals surface area contributed by atoms with Crippen LogP contribution in [0.2, 0.25) is 0 Å². The van der Waals surface area contributed by atoms with Gasteiger partial charge >= 0.3 is 12.1 Å². The van der Waals surface area contributed by atoms with Crippen molar-refractivity contribution in [1.82, 2.24) is 30.2 Å². The highest BCUT2D eigenvalue weighted by Gasteiger charge is 2.37. The Morgan fingerprint density at radius 1 is 0.857 bits per heavy atom. The van der Waals surface area contributed by atoms with Crippen LogP contribution < -0.4 is 20.7 Å². The van der Waals surface area contributed by atoms with Crippen molar-refractivity contribution in [2.75, 3.05) is 31.1 Å². The van der Waals surface area contributed by atoms with Gasteiger partial charge in [0.15, 0.2) is 6.79 Å². The minimum absolute atomic E-state index is 0.0686. The monoisotopic (exact) mass is 764 g/mol. The third-order valence-electron chi connectivity index (χ3n) is 8.13. The van der Waals surface area contributed by atoms with Gasteiger partial charge in [-0.3, -0.25) is 19.7 Å². The minimum Gasteiger partial charge on any atom is -0.478 e. The van der Waals surface area contributed by atoms with Gasteiger partial charge in [0.25, 0.3) is 5.91 Å². The smallest absolute Gasteiger partial charge is 0.410 e. The van der Waals surface area contributed by atoms with Gasteiger partial charge in [-0.2, -0.15) is 0 Å². The molecule has 0 saturated carbocycles. The van der Waals surface area contributed by atoms with Crippen LogP contribution >= 0.6 is 0 Å². The molecule has 16 heteroatoms. The summed E-state index contributed by atoms with van der Waals surface area (Å²) in [5.74, 6) is 0.223. The lowest BCUT2D eigenvalue weighted by Crippen LogP contribution is -2.54. The lowest BCUT2D eigenvalue weighted by Gasteiger charge is -2.40. The van der Waals surface area contributed by atoms with Crippen molar-refractivity contribution in [2.45, 2.75) is 51.5 Å². The summed E-state index contributed by atoms with van der Waals surface area (Å²) in [6, 6.07) is 18.3. The first-order valence-electron chi connectivity index (χ1n) is 17.6. The van der Waals surface area contributed by atoms with Gasteiger partial charge < -0.3 is 40.4 Å². The highest BCUT2D eigenvalue weighted by Crippen LogP contribution is 2.30. The number of pyridine rings is 4. The number of rotatable bonds is 12. The third kappa shape index (κ3) is 11.9. The van der Waals surface area contributed by atoms with Crippen LogP contribution in [0.5, 0.6) is 5.75 Å². The molecule has 0 fully saturated rings. The van der Waals surface area contributed by atoms with Gasteiger partial charge in [-0.1, -0.05) is 6.07 Å². The number of methoxy groups -OCH3 is 1. The Kier molecular flexibility index (Phi) is 13.8. The number of aliphatic hydroxyl groups is 1. The summed E-state index contributed by atoms with van der Waals surface area (Å²) < 4.78 is 16.2. The van der Waals surface area contributed by atoms with Crippen molar-refractivity contribution in [2.24, 2.45) is 0 Å². The van der Waals surface area contributed by atoms with Gasteiger partial charge in [-0.25, -0.2) is 19.6 Å². The van der Waals surface area contributed by atoms with Gasteiger partial charge in [-0.15, -0.1) is 0 Å². The number of carbonyl (C=O) groups excluding carboxylic acids is 2. The van der Waals surface area contributed by atoms with Gasteiger partial charge in [0, 0.05) is 50.6 Å². The van der Waals surface area contributed by atoms with E-state index < -0.39 is 29.8 Å². The van der Waals surface area contributed by atoms with Crippen molar-refractivity contribution < 1.29 is 38.8 Å². The molecule has 6 rings (SSSR count). The van der Waals surface area contributed by atoms with Crippen LogP contribution in [0, 0.1) is 0 Å². The maximum Gasteiger partial charge on any atom is 0.410 e. The molecule has 1 aliphatic heterocycles. The zero-order valence-corrected chi connectivity index (χ0v) is 31.4. The summed E-state index contributed by atoms with van der Waals surface area (Å²) in [6.45, 7) is 5.62. The molecule has 16 nitrogen and oxygen atoms in total. The van der Waals surface area contributed by atoms with Gasteiger partial charge in [-0.05, 0) is 99.0 Å². The molecule has 0 spiro atoms. The number of nitrogens with zero attached hydrogens (tertiary/aromatic N) is 5. The van der Waals surface area contributed by atoms with Gasteiger partial charge in [0.2, 0.25) is 0 Å². The Hall–Kier alpha value is -6.65. The summed E-state index contributed by atoms with van der Waals surface area (Å²) >= 11 is 0. The van der Waals surface area contributed by atoms with Crippen molar-refractivity contribution in [3.8, 4) is 5.75 Å². The van der Waals surface area contributed by atoms with E-state index in [1.165, 1.54) is 29.4 Å². The summed E-state index contributed by atoms with van der Waals surface area (Å²) in [5.41, 5.74) is 3.21. The second-order valence-electron chi connectivity index (χ2n) is 13.5. The Labute approximate surface area is 323 Å². The molecule has 1 aromatic carbocycles. The van der Waals surface area contributed by atoms with Crippen LogP contribution in [0.4, 0.5) is 27.8 Å². The van der Waals surface area contributed by atoms with Crippen molar-refractivity contribution in [3.63, 3.8) is 0 Å². The molecule has 1 unspecified atom stereocenters. The fraction of sp³-hybridized carbons (Fsp3) is 0.275. The lowest BCUT2D eigenvalue weighted by molar-refractivity contribution is -0.0114. The molecule has 0 aliphatic carbocycles. The molecule has 56 heavy (non-hydrogen) atoms. The Balaban J connectivity index is 0.000000311. The first-order chi connectivity index (χ1) is 26.9. The predicted molar refractivity (Wildman–Crippen MR) is 207 cm³/mol. The number of fused-ring (bicyclic) bond motifs is 1. The summed E-state index contributed by atoms with van der Waals surface area (Å²) in [4.78, 5) is 54.6. The number of aromatic carboxylic acids is 1. The molecule has 1 aliphatic rings. The minimum atomic E-state index is -1.05. The molecule has 0 saturated heterocycles. The first-order valence-corrected chi connectivity index (χ1v) is 17.6. The fourth-order valence-corrected chi connectivity index (χ4v) is 5.54. The highest BCUT2D eigenvalue weighted by molar-refractivity contribution is 5.95. The molecule has 4 aromatic heterocycles. The number of benzene rings is 1. The SMILES string of the molecule is COCOc1ccc2c(c1)CN(C(=O)OC(C)(C)C)C([C@H](O)CNC(=O)c1ccnc(Nc3cccnc3)c1)C2.O=C(O)c1ccnc(Nc2cccnc2)c1. The van der Waals surface area contributed by atoms with Crippen LogP contribution in [0.1, 0.15) is 52.6 Å². The third-order valence-corrected chi connectivity index (χ3v) is 8.13. The van der Waals surface area contributed by atoms with Crippen molar-refractivity contribution >= 4 is 41.0 Å². The first kappa shape index (κ1) is 40.5.